The van der Waals surface area contributed by atoms with E-state index in [-0.39, 0.29) is 5.41 Å². The molecule has 1 N–H and O–H groups in total. The molecule has 0 fully saturated rings. The molecule has 0 amide bonds. The van der Waals surface area contributed by atoms with Crippen LogP contribution in [0.5, 0.6) is 0 Å². The molecule has 1 heterocycles. The van der Waals surface area contributed by atoms with Crippen molar-refractivity contribution in [3.8, 4) is 6.07 Å². The first-order valence-corrected chi connectivity index (χ1v) is 7.73. The van der Waals surface area contributed by atoms with Crippen LogP contribution in [-0.4, -0.2) is 10.2 Å². The first-order valence-electron chi connectivity index (χ1n) is 7.73. The van der Waals surface area contributed by atoms with Gasteiger partial charge in [0.05, 0.1) is 11.6 Å². The number of nitrogens with zero attached hydrogens (tertiary/aromatic N) is 2. The molecule has 0 saturated heterocycles. The fourth-order valence-corrected chi connectivity index (χ4v) is 3.10. The van der Waals surface area contributed by atoms with Crippen LogP contribution in [0.3, 0.4) is 0 Å². The highest BCUT2D eigenvalue weighted by molar-refractivity contribution is 5.44. The van der Waals surface area contributed by atoms with Crippen molar-refractivity contribution in [2.45, 2.75) is 25.2 Å². The fourth-order valence-electron chi connectivity index (χ4n) is 3.10. The van der Waals surface area contributed by atoms with Crippen molar-refractivity contribution < 1.29 is 0 Å². The van der Waals surface area contributed by atoms with Crippen LogP contribution >= 0.6 is 0 Å². The maximum absolute atomic E-state index is 8.92. The second kappa shape index (κ2) is 6.50. The van der Waals surface area contributed by atoms with Crippen molar-refractivity contribution in [3.05, 3.63) is 89.2 Å². The molecule has 1 aliphatic rings. The zero-order valence-corrected chi connectivity index (χ0v) is 13.2. The Kier molecular flexibility index (Phi) is 4.25. The Morgan fingerprint density at radius 2 is 1.65 bits per heavy atom. The minimum atomic E-state index is 0.0902. The smallest absolute Gasteiger partial charge is 0.0991 e. The maximum Gasteiger partial charge on any atom is 0.0991 e. The van der Waals surface area contributed by atoms with Gasteiger partial charge in [0, 0.05) is 17.3 Å². The van der Waals surface area contributed by atoms with E-state index in [2.05, 4.69) is 29.3 Å². The molecule has 2 aromatic carbocycles. The molecule has 23 heavy (non-hydrogen) atoms. The molecule has 0 radical (unpaired) electrons. The van der Waals surface area contributed by atoms with Crippen LogP contribution in [0, 0.1) is 11.3 Å². The Balaban J connectivity index is 0.000000220. The molecule has 0 aliphatic heterocycles. The zero-order valence-electron chi connectivity index (χ0n) is 13.2. The number of aromatic nitrogens is 2. The highest BCUT2D eigenvalue weighted by atomic mass is 15.1. The molecule has 1 atom stereocenters. The molecule has 3 nitrogen and oxygen atoms in total. The summed E-state index contributed by atoms with van der Waals surface area (Å²) in [5, 5.41) is 16.0. The molecule has 1 aromatic heterocycles. The second-order valence-corrected chi connectivity index (χ2v) is 6.13. The Morgan fingerprint density at radius 1 is 1.00 bits per heavy atom. The lowest BCUT2D eigenvalue weighted by Gasteiger charge is -2.21. The van der Waals surface area contributed by atoms with Gasteiger partial charge in [0.15, 0.2) is 0 Å². The van der Waals surface area contributed by atoms with Crippen LogP contribution in [0.4, 0.5) is 0 Å². The van der Waals surface area contributed by atoms with Crippen molar-refractivity contribution in [2.75, 3.05) is 0 Å². The summed E-state index contributed by atoms with van der Waals surface area (Å²) >= 11 is 0. The van der Waals surface area contributed by atoms with Crippen LogP contribution < -0.4 is 0 Å². The third-order valence-corrected chi connectivity index (χ3v) is 4.31. The van der Waals surface area contributed by atoms with Crippen LogP contribution in [-0.2, 0) is 18.3 Å². The summed E-state index contributed by atoms with van der Waals surface area (Å²) in [5.41, 5.74) is 4.65. The van der Waals surface area contributed by atoms with E-state index in [0.717, 1.165) is 18.4 Å². The third kappa shape index (κ3) is 3.32. The average Bonchev–Trinajstić information content (AvgIpc) is 3.24. The highest BCUT2D eigenvalue weighted by Crippen LogP contribution is 2.38. The first-order chi connectivity index (χ1) is 11.2. The zero-order chi connectivity index (χ0) is 16.1. The van der Waals surface area contributed by atoms with Crippen molar-refractivity contribution >= 4 is 0 Å². The number of H-pyrrole nitrogens is 1. The van der Waals surface area contributed by atoms with Crippen molar-refractivity contribution in [2.24, 2.45) is 0 Å². The number of nitrogens with one attached hydrogen (secondary N) is 1. The fraction of sp³-hybridized carbons (Fsp3) is 0.200. The molecule has 0 unspecified atom stereocenters. The van der Waals surface area contributed by atoms with E-state index in [1.807, 2.05) is 54.6 Å². The summed E-state index contributed by atoms with van der Waals surface area (Å²) < 4.78 is 0. The number of aromatic amines is 1. The summed E-state index contributed by atoms with van der Waals surface area (Å²) in [5.74, 6) is 0. The Labute approximate surface area is 136 Å². The van der Waals surface area contributed by atoms with E-state index in [0.29, 0.717) is 0 Å². The summed E-state index contributed by atoms with van der Waals surface area (Å²) in [4.78, 5) is 0. The standard InChI is InChI=1S/C14H13N3.C6H6/c1-14(13-4-5-16-17-13)7-11-3-2-10(9-15)6-12(11)8-14;1-2-4-6-5-3-1/h2-6H,7-8H2,1H3,(H,16,17);1-6H/t14-;/m1./s1. The summed E-state index contributed by atoms with van der Waals surface area (Å²) in [7, 11) is 0. The van der Waals surface area contributed by atoms with E-state index >= 15 is 0 Å². The minimum absolute atomic E-state index is 0.0902. The quantitative estimate of drug-likeness (QED) is 0.738. The molecule has 0 saturated carbocycles. The second-order valence-electron chi connectivity index (χ2n) is 6.13. The van der Waals surface area contributed by atoms with Gasteiger partial charge in [-0.2, -0.15) is 10.4 Å². The van der Waals surface area contributed by atoms with Gasteiger partial charge in [0.1, 0.15) is 0 Å². The Bertz CT molecular complexity index is 774. The van der Waals surface area contributed by atoms with Gasteiger partial charge in [-0.05, 0) is 42.2 Å². The van der Waals surface area contributed by atoms with E-state index in [1.165, 1.54) is 16.8 Å². The average molecular weight is 301 g/mol. The normalized spacial score (nSPS) is 18.4. The van der Waals surface area contributed by atoms with Gasteiger partial charge < -0.3 is 0 Å². The highest BCUT2D eigenvalue weighted by Gasteiger charge is 2.35. The van der Waals surface area contributed by atoms with Crippen LogP contribution in [0.1, 0.15) is 29.3 Å². The topological polar surface area (TPSA) is 52.5 Å². The van der Waals surface area contributed by atoms with E-state index in [1.54, 1.807) is 6.20 Å². The van der Waals surface area contributed by atoms with Gasteiger partial charge in [-0.3, -0.25) is 5.10 Å². The number of rotatable bonds is 1. The number of benzene rings is 2. The number of fused-ring (bicyclic) bond motifs is 1. The lowest BCUT2D eigenvalue weighted by Crippen LogP contribution is -2.22. The van der Waals surface area contributed by atoms with Crippen molar-refractivity contribution in [1.82, 2.24) is 10.2 Å². The monoisotopic (exact) mass is 301 g/mol. The summed E-state index contributed by atoms with van der Waals surface area (Å²) in [6.07, 6.45) is 3.78. The Hall–Kier alpha value is -2.86. The summed E-state index contributed by atoms with van der Waals surface area (Å²) in [6.45, 7) is 2.24. The molecular formula is C20H19N3. The van der Waals surface area contributed by atoms with E-state index in [4.69, 9.17) is 5.26 Å². The molecule has 3 heteroatoms. The third-order valence-electron chi connectivity index (χ3n) is 4.31. The molecule has 0 bridgehead atoms. The predicted molar refractivity (Wildman–Crippen MR) is 90.9 cm³/mol. The van der Waals surface area contributed by atoms with Crippen molar-refractivity contribution in [3.63, 3.8) is 0 Å². The predicted octanol–water partition coefficient (Wildman–Crippen LogP) is 4.02. The summed E-state index contributed by atoms with van der Waals surface area (Å²) in [6, 6.07) is 22.2. The molecule has 3 aromatic rings. The number of hydrogen-bond donors (Lipinski definition) is 1. The SMILES string of the molecule is C[C@@]1(c2ccn[nH]2)Cc2ccc(C#N)cc2C1.c1ccccc1. The molecule has 1 aliphatic carbocycles. The maximum atomic E-state index is 8.92. The molecule has 114 valence electrons. The lowest BCUT2D eigenvalue weighted by atomic mass is 9.84. The van der Waals surface area contributed by atoms with Gasteiger partial charge in [-0.1, -0.05) is 49.4 Å². The number of hydrogen-bond acceptors (Lipinski definition) is 2. The van der Waals surface area contributed by atoms with Crippen LogP contribution in [0.2, 0.25) is 0 Å². The van der Waals surface area contributed by atoms with Gasteiger partial charge in [0.2, 0.25) is 0 Å². The molecule has 4 rings (SSSR count). The first kappa shape index (κ1) is 15.1. The lowest BCUT2D eigenvalue weighted by molar-refractivity contribution is 0.486. The van der Waals surface area contributed by atoms with Crippen LogP contribution in [0.15, 0.2) is 66.9 Å². The molecular weight excluding hydrogens is 282 g/mol. The minimum Gasteiger partial charge on any atom is -0.282 e. The van der Waals surface area contributed by atoms with Gasteiger partial charge in [-0.25, -0.2) is 0 Å². The van der Waals surface area contributed by atoms with Gasteiger partial charge >= 0.3 is 0 Å². The van der Waals surface area contributed by atoms with Gasteiger partial charge in [-0.15, -0.1) is 0 Å². The van der Waals surface area contributed by atoms with Crippen LogP contribution in [0.25, 0.3) is 0 Å². The Morgan fingerprint density at radius 3 is 2.22 bits per heavy atom. The number of nitriles is 1. The van der Waals surface area contributed by atoms with E-state index < -0.39 is 0 Å². The van der Waals surface area contributed by atoms with Crippen molar-refractivity contribution in [1.29, 1.82) is 5.26 Å². The largest absolute Gasteiger partial charge is 0.282 e. The molecule has 0 spiro atoms. The van der Waals surface area contributed by atoms with E-state index in [9.17, 15) is 0 Å². The van der Waals surface area contributed by atoms with Gasteiger partial charge in [0.25, 0.3) is 0 Å².